The van der Waals surface area contributed by atoms with E-state index in [1.807, 2.05) is 0 Å². The molecule has 32 heavy (non-hydrogen) atoms. The molecule has 12 heteroatoms. The maximum atomic E-state index is 13.0. The molecule has 1 saturated carbocycles. The molecule has 0 bridgehead atoms. The number of nitrogens with two attached hydrogens (primary N) is 2. The Labute approximate surface area is 182 Å². The van der Waals surface area contributed by atoms with Crippen LogP contribution < -0.4 is 22.1 Å². The number of nitrogens with one attached hydrogen (secondary N) is 2. The highest BCUT2D eigenvalue weighted by atomic mass is 19.3. The number of halogens is 2. The van der Waals surface area contributed by atoms with Crippen molar-refractivity contribution in [1.82, 2.24) is 19.9 Å². The smallest absolute Gasteiger partial charge is 0.282 e. The van der Waals surface area contributed by atoms with Crippen LogP contribution in [0.1, 0.15) is 46.7 Å². The first kappa shape index (κ1) is 21.8. The standard InChI is InChI=1S/C20H24F2N8O2/c21-20(22)9-30(10-20)19(32)14-6-5-11(7-25-14)27-18-16(17(24)31)26-8-15(29-18)28-13-4-2-1-3-12(13)23/h5-8,12-13H,1-4,9-10,23H2,(H2,24,31)(H2,27,28,29). The van der Waals surface area contributed by atoms with E-state index in [0.29, 0.717) is 11.5 Å². The lowest BCUT2D eigenvalue weighted by Gasteiger charge is -2.38. The Kier molecular flexibility index (Phi) is 5.87. The summed E-state index contributed by atoms with van der Waals surface area (Å²) in [4.78, 5) is 37.6. The zero-order valence-electron chi connectivity index (χ0n) is 17.2. The van der Waals surface area contributed by atoms with Crippen LogP contribution in [0.15, 0.2) is 24.5 Å². The molecule has 0 aromatic carbocycles. The van der Waals surface area contributed by atoms with Gasteiger partial charge in [-0.3, -0.25) is 9.59 Å². The molecule has 4 rings (SSSR count). The van der Waals surface area contributed by atoms with Crippen LogP contribution in [0.25, 0.3) is 0 Å². The first-order chi connectivity index (χ1) is 15.2. The van der Waals surface area contributed by atoms with Crippen LogP contribution in [0.5, 0.6) is 0 Å². The molecule has 0 radical (unpaired) electrons. The summed E-state index contributed by atoms with van der Waals surface area (Å²) >= 11 is 0. The molecule has 2 aromatic rings. The van der Waals surface area contributed by atoms with E-state index in [-0.39, 0.29) is 29.3 Å². The van der Waals surface area contributed by atoms with Crippen molar-refractivity contribution in [2.75, 3.05) is 23.7 Å². The van der Waals surface area contributed by atoms with E-state index >= 15 is 0 Å². The summed E-state index contributed by atoms with van der Waals surface area (Å²) in [7, 11) is 0. The van der Waals surface area contributed by atoms with E-state index in [2.05, 4.69) is 25.6 Å². The van der Waals surface area contributed by atoms with Crippen LogP contribution in [-0.4, -0.2) is 62.8 Å². The fourth-order valence-electron chi connectivity index (χ4n) is 3.80. The molecule has 2 fully saturated rings. The molecule has 2 atom stereocenters. The van der Waals surface area contributed by atoms with Gasteiger partial charge < -0.3 is 27.0 Å². The molecule has 1 aliphatic carbocycles. The lowest BCUT2D eigenvalue weighted by molar-refractivity contribution is -0.113. The quantitative estimate of drug-likeness (QED) is 0.521. The van der Waals surface area contributed by atoms with Gasteiger partial charge in [0, 0.05) is 12.1 Å². The fraction of sp³-hybridized carbons (Fsp3) is 0.450. The van der Waals surface area contributed by atoms with E-state index in [1.165, 1.54) is 24.5 Å². The first-order valence-electron chi connectivity index (χ1n) is 10.3. The number of alkyl halides is 2. The molecule has 0 spiro atoms. The van der Waals surface area contributed by atoms with Gasteiger partial charge in [-0.05, 0) is 25.0 Å². The number of amides is 2. The van der Waals surface area contributed by atoms with Crippen LogP contribution in [-0.2, 0) is 0 Å². The summed E-state index contributed by atoms with van der Waals surface area (Å²) < 4.78 is 26.0. The number of anilines is 3. The van der Waals surface area contributed by atoms with E-state index in [4.69, 9.17) is 11.5 Å². The third kappa shape index (κ3) is 4.74. The largest absolute Gasteiger partial charge is 0.364 e. The van der Waals surface area contributed by atoms with Gasteiger partial charge in [-0.2, -0.15) is 0 Å². The molecule has 10 nitrogen and oxygen atoms in total. The number of hydrogen-bond acceptors (Lipinski definition) is 8. The summed E-state index contributed by atoms with van der Waals surface area (Å²) in [6, 6.07) is 2.98. The van der Waals surface area contributed by atoms with Crippen molar-refractivity contribution in [3.8, 4) is 0 Å². The molecule has 170 valence electrons. The highest BCUT2D eigenvalue weighted by molar-refractivity contribution is 5.96. The second kappa shape index (κ2) is 8.61. The Hall–Kier alpha value is -3.41. The normalized spacial score (nSPS) is 22.0. The van der Waals surface area contributed by atoms with Gasteiger partial charge in [-0.15, -0.1) is 0 Å². The number of likely N-dealkylation sites (tertiary alicyclic amines) is 1. The number of pyridine rings is 1. The summed E-state index contributed by atoms with van der Waals surface area (Å²) in [6.07, 6.45) is 6.75. The minimum absolute atomic E-state index is 0.00147. The predicted molar refractivity (Wildman–Crippen MR) is 113 cm³/mol. The lowest BCUT2D eigenvalue weighted by atomic mass is 9.91. The molecule has 2 unspecified atom stereocenters. The Balaban J connectivity index is 1.48. The monoisotopic (exact) mass is 446 g/mol. The van der Waals surface area contributed by atoms with Gasteiger partial charge in [-0.1, -0.05) is 12.8 Å². The molecule has 1 saturated heterocycles. The lowest BCUT2D eigenvalue weighted by Crippen LogP contribution is -2.58. The Bertz CT molecular complexity index is 1010. The van der Waals surface area contributed by atoms with E-state index in [1.54, 1.807) is 0 Å². The van der Waals surface area contributed by atoms with Crippen molar-refractivity contribution in [3.63, 3.8) is 0 Å². The third-order valence-corrected chi connectivity index (χ3v) is 5.54. The van der Waals surface area contributed by atoms with Crippen molar-refractivity contribution in [2.24, 2.45) is 11.5 Å². The average molecular weight is 446 g/mol. The van der Waals surface area contributed by atoms with Crippen LogP contribution in [0.4, 0.5) is 26.1 Å². The van der Waals surface area contributed by atoms with Crippen molar-refractivity contribution in [1.29, 1.82) is 0 Å². The summed E-state index contributed by atoms with van der Waals surface area (Å²) in [5.74, 6) is -3.62. The van der Waals surface area contributed by atoms with E-state index in [9.17, 15) is 18.4 Å². The number of hydrogen-bond donors (Lipinski definition) is 4. The molecule has 2 aromatic heterocycles. The molecule has 6 N–H and O–H groups in total. The third-order valence-electron chi connectivity index (χ3n) is 5.54. The number of primary amides is 1. The molecule has 2 amide bonds. The number of aromatic nitrogens is 3. The van der Waals surface area contributed by atoms with Crippen molar-refractivity contribution in [2.45, 2.75) is 43.7 Å². The maximum absolute atomic E-state index is 13.0. The van der Waals surface area contributed by atoms with Crippen molar-refractivity contribution < 1.29 is 18.4 Å². The van der Waals surface area contributed by atoms with E-state index < -0.39 is 30.8 Å². The summed E-state index contributed by atoms with van der Waals surface area (Å²) in [6.45, 7) is -1.23. The van der Waals surface area contributed by atoms with Crippen molar-refractivity contribution >= 4 is 29.1 Å². The predicted octanol–water partition coefficient (Wildman–Crippen LogP) is 1.49. The number of carbonyl (C=O) groups excluding carboxylic acids is 2. The molecular weight excluding hydrogens is 422 g/mol. The zero-order chi connectivity index (χ0) is 22.9. The van der Waals surface area contributed by atoms with Gasteiger partial charge in [0.1, 0.15) is 11.5 Å². The Morgan fingerprint density at radius 3 is 2.50 bits per heavy atom. The average Bonchev–Trinajstić information content (AvgIpc) is 2.73. The van der Waals surface area contributed by atoms with Crippen LogP contribution in [0, 0.1) is 0 Å². The summed E-state index contributed by atoms with van der Waals surface area (Å²) in [5.41, 5.74) is 12.0. The first-order valence-corrected chi connectivity index (χ1v) is 10.3. The van der Waals surface area contributed by atoms with Crippen LogP contribution in [0.2, 0.25) is 0 Å². The van der Waals surface area contributed by atoms with Crippen LogP contribution in [0.3, 0.4) is 0 Å². The van der Waals surface area contributed by atoms with E-state index in [0.717, 1.165) is 30.6 Å². The molecule has 2 aliphatic rings. The zero-order valence-corrected chi connectivity index (χ0v) is 17.2. The molecular formula is C20H24F2N8O2. The second-order valence-corrected chi connectivity index (χ2v) is 8.09. The van der Waals surface area contributed by atoms with Crippen molar-refractivity contribution in [3.05, 3.63) is 35.9 Å². The number of carbonyl (C=O) groups is 2. The van der Waals surface area contributed by atoms with Crippen LogP contribution >= 0.6 is 0 Å². The topological polar surface area (TPSA) is 152 Å². The van der Waals surface area contributed by atoms with Gasteiger partial charge in [0.15, 0.2) is 11.5 Å². The SMILES string of the molecule is NC(=O)c1ncc(NC2CCCCC2N)nc1Nc1ccc(C(=O)N2CC(F)(F)C2)nc1. The minimum atomic E-state index is -2.85. The fourth-order valence-corrected chi connectivity index (χ4v) is 3.80. The number of rotatable bonds is 6. The maximum Gasteiger partial charge on any atom is 0.282 e. The highest BCUT2D eigenvalue weighted by Gasteiger charge is 2.46. The molecule has 1 aliphatic heterocycles. The van der Waals surface area contributed by atoms with Gasteiger partial charge >= 0.3 is 0 Å². The highest BCUT2D eigenvalue weighted by Crippen LogP contribution is 2.28. The van der Waals surface area contributed by atoms with Gasteiger partial charge in [0.2, 0.25) is 0 Å². The van der Waals surface area contributed by atoms with Gasteiger partial charge in [0.25, 0.3) is 17.7 Å². The van der Waals surface area contributed by atoms with Gasteiger partial charge in [-0.25, -0.2) is 23.7 Å². The minimum Gasteiger partial charge on any atom is -0.364 e. The molecule has 3 heterocycles. The summed E-state index contributed by atoms with van der Waals surface area (Å²) in [5, 5.41) is 6.19. The number of nitrogens with zero attached hydrogens (tertiary/aromatic N) is 4. The Morgan fingerprint density at radius 1 is 1.12 bits per heavy atom. The van der Waals surface area contributed by atoms with Gasteiger partial charge in [0.05, 0.1) is 31.2 Å². The second-order valence-electron chi connectivity index (χ2n) is 8.09. The Morgan fingerprint density at radius 2 is 1.88 bits per heavy atom.